The van der Waals surface area contributed by atoms with Crippen molar-refractivity contribution in [2.24, 2.45) is 0 Å². The number of phosphoric ester groups is 1. The predicted molar refractivity (Wildman–Crippen MR) is 154 cm³/mol. The summed E-state index contributed by atoms with van der Waals surface area (Å²) in [5.41, 5.74) is 2.48. The maximum absolute atomic E-state index is 13.8. The van der Waals surface area contributed by atoms with Crippen molar-refractivity contribution in [1.82, 2.24) is 9.80 Å². The number of benzene rings is 3. The van der Waals surface area contributed by atoms with Crippen molar-refractivity contribution >= 4 is 19.4 Å². The van der Waals surface area contributed by atoms with E-state index < -0.39 is 13.6 Å². The number of carbonyl (C=O) groups is 1. The molecule has 1 saturated heterocycles. The van der Waals surface area contributed by atoms with Gasteiger partial charge in [0.05, 0.1) is 6.04 Å². The Bertz CT molecular complexity index is 1410. The molecule has 40 heavy (non-hydrogen) atoms. The Morgan fingerprint density at radius 1 is 1.07 bits per heavy atom. The van der Waals surface area contributed by atoms with E-state index in [9.17, 15) is 23.5 Å². The van der Waals surface area contributed by atoms with E-state index in [1.807, 2.05) is 30.3 Å². The number of rotatable bonds is 9. The van der Waals surface area contributed by atoms with Crippen LogP contribution in [0.15, 0.2) is 85.5 Å². The van der Waals surface area contributed by atoms with Crippen molar-refractivity contribution in [1.29, 1.82) is 0 Å². The number of phosphoric acid groups is 1. The highest BCUT2D eigenvalue weighted by Crippen LogP contribution is 2.40. The third-order valence-electron chi connectivity index (χ3n) is 7.21. The minimum Gasteiger partial charge on any atom is -0.404 e. The van der Waals surface area contributed by atoms with E-state index in [2.05, 4.69) is 30.2 Å². The zero-order valence-corrected chi connectivity index (χ0v) is 23.7. The standard InChI is InChI=1S/C30H35FN3O5P/c1-5-15-33-19-22(3)34(20-21(33)2)29(24-10-7-14-28(17-24)39-40(36,37)38)23-9-6-11-25(16-23)30(35)32(4)27-13-8-12-26(31)18-27/h5-14,16-18,21-22,29H,1,15,19-20H2,2-4H3,(H2,36,37,38)/t21-,22+,29?/m1/s1. The van der Waals surface area contributed by atoms with E-state index in [1.54, 1.807) is 37.4 Å². The van der Waals surface area contributed by atoms with Crippen molar-refractivity contribution in [3.63, 3.8) is 0 Å². The fourth-order valence-corrected chi connectivity index (χ4v) is 5.68. The van der Waals surface area contributed by atoms with Crippen LogP contribution in [0.3, 0.4) is 0 Å². The Morgan fingerprint density at radius 2 is 1.75 bits per heavy atom. The quantitative estimate of drug-likeness (QED) is 0.270. The maximum atomic E-state index is 13.8. The summed E-state index contributed by atoms with van der Waals surface area (Å²) in [6.07, 6.45) is 1.89. The van der Waals surface area contributed by atoms with Crippen molar-refractivity contribution in [2.45, 2.75) is 32.0 Å². The van der Waals surface area contributed by atoms with Gasteiger partial charge in [-0.25, -0.2) is 8.96 Å². The molecule has 10 heteroatoms. The Labute approximate surface area is 234 Å². The van der Waals surface area contributed by atoms with Gasteiger partial charge in [-0.15, -0.1) is 6.58 Å². The topological polar surface area (TPSA) is 93.5 Å². The lowest BCUT2D eigenvalue weighted by atomic mass is 9.92. The number of nitrogens with zero attached hydrogens (tertiary/aromatic N) is 3. The number of amides is 1. The van der Waals surface area contributed by atoms with Crippen LogP contribution < -0.4 is 9.42 Å². The van der Waals surface area contributed by atoms with Crippen LogP contribution in [0.5, 0.6) is 5.75 Å². The largest absolute Gasteiger partial charge is 0.524 e. The molecule has 4 rings (SSSR count). The van der Waals surface area contributed by atoms with Crippen LogP contribution in [0.4, 0.5) is 10.1 Å². The molecule has 3 aromatic carbocycles. The molecule has 1 fully saturated rings. The molecule has 2 N–H and O–H groups in total. The molecule has 1 amide bonds. The van der Waals surface area contributed by atoms with Gasteiger partial charge in [-0.2, -0.15) is 0 Å². The summed E-state index contributed by atoms with van der Waals surface area (Å²) in [4.78, 5) is 38.3. The normalized spacial score (nSPS) is 19.1. The van der Waals surface area contributed by atoms with Crippen molar-refractivity contribution in [3.05, 3.63) is 108 Å². The Kier molecular flexibility index (Phi) is 9.23. The Hall–Kier alpha value is -3.33. The molecule has 1 aliphatic heterocycles. The smallest absolute Gasteiger partial charge is 0.404 e. The molecular formula is C30H35FN3O5P. The third kappa shape index (κ3) is 7.05. The summed E-state index contributed by atoms with van der Waals surface area (Å²) in [7, 11) is -3.15. The molecule has 0 radical (unpaired) electrons. The number of hydrogen-bond acceptors (Lipinski definition) is 5. The molecule has 8 nitrogen and oxygen atoms in total. The van der Waals surface area contributed by atoms with Gasteiger partial charge in [-0.3, -0.25) is 24.4 Å². The van der Waals surface area contributed by atoms with Crippen LogP contribution in [0.25, 0.3) is 0 Å². The van der Waals surface area contributed by atoms with Crippen molar-refractivity contribution in [2.75, 3.05) is 31.6 Å². The van der Waals surface area contributed by atoms with Gasteiger partial charge in [-0.05, 0) is 67.4 Å². The molecule has 0 saturated carbocycles. The van der Waals surface area contributed by atoms with Crippen LogP contribution in [-0.2, 0) is 4.57 Å². The van der Waals surface area contributed by atoms with Gasteiger partial charge < -0.3 is 9.42 Å². The lowest BCUT2D eigenvalue weighted by Gasteiger charge is -2.47. The van der Waals surface area contributed by atoms with Crippen molar-refractivity contribution in [3.8, 4) is 5.75 Å². The van der Waals surface area contributed by atoms with Crippen LogP contribution in [0.2, 0.25) is 0 Å². The zero-order chi connectivity index (χ0) is 29.0. The predicted octanol–water partition coefficient (Wildman–Crippen LogP) is 5.24. The fraction of sp³-hybridized carbons (Fsp3) is 0.300. The maximum Gasteiger partial charge on any atom is 0.524 e. The highest BCUT2D eigenvalue weighted by Gasteiger charge is 2.35. The van der Waals surface area contributed by atoms with Crippen LogP contribution in [-0.4, -0.2) is 64.3 Å². The van der Waals surface area contributed by atoms with E-state index in [4.69, 9.17) is 4.52 Å². The molecule has 3 atom stereocenters. The summed E-state index contributed by atoms with van der Waals surface area (Å²) < 4.78 is 30.3. The average molecular weight is 568 g/mol. The van der Waals surface area contributed by atoms with E-state index in [0.717, 1.165) is 24.2 Å². The number of piperazine rings is 1. The lowest BCUT2D eigenvalue weighted by molar-refractivity contribution is 0.0306. The van der Waals surface area contributed by atoms with Crippen LogP contribution >= 0.6 is 7.82 Å². The molecule has 3 aromatic rings. The van der Waals surface area contributed by atoms with E-state index in [0.29, 0.717) is 17.8 Å². The number of hydrogen-bond donors (Lipinski definition) is 2. The molecule has 1 unspecified atom stereocenters. The Morgan fingerprint density at radius 3 is 2.42 bits per heavy atom. The van der Waals surface area contributed by atoms with Gasteiger partial charge in [0.15, 0.2) is 0 Å². The van der Waals surface area contributed by atoms with Crippen molar-refractivity contribution < 1.29 is 28.1 Å². The lowest BCUT2D eigenvalue weighted by Crippen LogP contribution is -2.57. The molecule has 0 spiro atoms. The Balaban J connectivity index is 1.75. The van der Waals surface area contributed by atoms with E-state index in [1.165, 1.54) is 23.1 Å². The van der Waals surface area contributed by atoms with Gasteiger partial charge >= 0.3 is 7.82 Å². The van der Waals surface area contributed by atoms with E-state index in [-0.39, 0.29) is 29.8 Å². The highest BCUT2D eigenvalue weighted by atomic mass is 31.2. The van der Waals surface area contributed by atoms with Crippen LogP contribution in [0.1, 0.15) is 41.4 Å². The third-order valence-corrected chi connectivity index (χ3v) is 7.65. The number of carbonyl (C=O) groups excluding carboxylic acids is 1. The summed E-state index contributed by atoms with van der Waals surface area (Å²) in [5.74, 6) is -0.663. The molecule has 0 aromatic heterocycles. The molecule has 212 valence electrons. The molecular weight excluding hydrogens is 532 g/mol. The summed E-state index contributed by atoms with van der Waals surface area (Å²) in [6.45, 7) is 10.4. The molecule has 1 heterocycles. The van der Waals surface area contributed by atoms with Gasteiger partial charge in [-0.1, -0.05) is 36.4 Å². The molecule has 0 aliphatic carbocycles. The van der Waals surface area contributed by atoms with Gasteiger partial charge in [0.2, 0.25) is 0 Å². The average Bonchev–Trinajstić information content (AvgIpc) is 2.90. The van der Waals surface area contributed by atoms with Crippen LogP contribution in [0, 0.1) is 5.82 Å². The fourth-order valence-electron chi connectivity index (χ4n) is 5.30. The zero-order valence-electron chi connectivity index (χ0n) is 22.9. The van der Waals surface area contributed by atoms with Gasteiger partial charge in [0.1, 0.15) is 11.6 Å². The first kappa shape index (κ1) is 29.6. The number of anilines is 1. The summed E-state index contributed by atoms with van der Waals surface area (Å²) in [6, 6.07) is 19.9. The van der Waals surface area contributed by atoms with Gasteiger partial charge in [0.25, 0.3) is 5.91 Å². The second-order valence-corrected chi connectivity index (χ2v) is 11.3. The number of halogens is 1. The monoisotopic (exact) mass is 567 g/mol. The summed E-state index contributed by atoms with van der Waals surface area (Å²) in [5, 5.41) is 0. The first-order chi connectivity index (χ1) is 19.0. The summed E-state index contributed by atoms with van der Waals surface area (Å²) >= 11 is 0. The van der Waals surface area contributed by atoms with E-state index >= 15 is 0 Å². The van der Waals surface area contributed by atoms with Gasteiger partial charge in [0, 0.05) is 50.0 Å². The second kappa shape index (κ2) is 12.5. The minimum absolute atomic E-state index is 0.0555. The first-order valence-electron chi connectivity index (χ1n) is 13.1. The molecule has 0 bridgehead atoms. The molecule has 1 aliphatic rings. The first-order valence-corrected chi connectivity index (χ1v) is 14.6. The minimum atomic E-state index is -4.75. The SMILES string of the molecule is C=CCN1C[C@H](C)N(C(c2cccc(OP(=O)(O)O)c2)c2cccc(C(=O)N(C)c3cccc(F)c3)c2)C[C@H]1C. The highest BCUT2D eigenvalue weighted by molar-refractivity contribution is 7.46. The second-order valence-electron chi connectivity index (χ2n) is 10.2.